The summed E-state index contributed by atoms with van der Waals surface area (Å²) in [6, 6.07) is 6.85. The number of Topliss-reactive ketones (excluding diaryl/α,β-unsaturated/α-hetero) is 1. The number of pyridine rings is 2. The monoisotopic (exact) mass is 395 g/mol. The fourth-order valence-electron chi connectivity index (χ4n) is 2.31. The summed E-state index contributed by atoms with van der Waals surface area (Å²) in [5.41, 5.74) is 1.17. The van der Waals surface area contributed by atoms with Crippen molar-refractivity contribution in [3.05, 3.63) is 53.5 Å². The third-order valence-corrected chi connectivity index (χ3v) is 3.77. The van der Waals surface area contributed by atoms with Crippen LogP contribution < -0.4 is 10.1 Å². The first-order valence-corrected chi connectivity index (χ1v) is 8.62. The van der Waals surface area contributed by atoms with Gasteiger partial charge in [-0.1, -0.05) is 13.0 Å². The Morgan fingerprint density at radius 3 is 2.68 bits per heavy atom. The number of ether oxygens (including phenoxy) is 1. The van der Waals surface area contributed by atoms with Crippen LogP contribution in [-0.2, 0) is 11.2 Å². The van der Waals surface area contributed by atoms with Crippen molar-refractivity contribution >= 4 is 11.7 Å². The lowest BCUT2D eigenvalue weighted by molar-refractivity contribution is -0.154. The van der Waals surface area contributed by atoms with E-state index in [4.69, 9.17) is 0 Å². The summed E-state index contributed by atoms with van der Waals surface area (Å²) < 4.78 is 41.4. The van der Waals surface area contributed by atoms with Crippen LogP contribution in [0.15, 0.2) is 36.5 Å². The molecule has 0 aliphatic heterocycles. The first kappa shape index (κ1) is 21.3. The zero-order valence-electron chi connectivity index (χ0n) is 15.4. The van der Waals surface area contributed by atoms with Crippen molar-refractivity contribution in [3.63, 3.8) is 0 Å². The highest BCUT2D eigenvalue weighted by Gasteiger charge is 2.28. The topological polar surface area (TPSA) is 81.2 Å². The van der Waals surface area contributed by atoms with Gasteiger partial charge in [0.15, 0.2) is 6.61 Å². The molecule has 0 aliphatic carbocycles. The number of alkyl halides is 3. The van der Waals surface area contributed by atoms with Gasteiger partial charge in [0.25, 0.3) is 5.91 Å². The molecule has 0 saturated heterocycles. The van der Waals surface area contributed by atoms with Crippen LogP contribution in [0, 0.1) is 0 Å². The number of hydrogen-bond acceptors (Lipinski definition) is 5. The minimum Gasteiger partial charge on any atom is -0.468 e. The van der Waals surface area contributed by atoms with Gasteiger partial charge < -0.3 is 10.1 Å². The van der Waals surface area contributed by atoms with Gasteiger partial charge >= 0.3 is 6.18 Å². The smallest absolute Gasteiger partial charge is 0.422 e. The Bertz CT molecular complexity index is 840. The fraction of sp³-hybridized carbons (Fsp3) is 0.368. The number of rotatable bonds is 8. The number of halogens is 3. The number of aromatic nitrogens is 2. The van der Waals surface area contributed by atoms with Gasteiger partial charge in [-0.25, -0.2) is 4.98 Å². The minimum atomic E-state index is -4.46. The molecule has 2 rings (SSSR count). The molecule has 28 heavy (non-hydrogen) atoms. The predicted octanol–water partition coefficient (Wildman–Crippen LogP) is 3.43. The van der Waals surface area contributed by atoms with Crippen LogP contribution in [0.2, 0.25) is 0 Å². The van der Waals surface area contributed by atoms with Crippen LogP contribution in [0.3, 0.4) is 0 Å². The summed E-state index contributed by atoms with van der Waals surface area (Å²) >= 11 is 0. The van der Waals surface area contributed by atoms with Crippen molar-refractivity contribution in [2.24, 2.45) is 0 Å². The van der Waals surface area contributed by atoms with E-state index < -0.39 is 24.7 Å². The third-order valence-electron chi connectivity index (χ3n) is 3.77. The second-order valence-corrected chi connectivity index (χ2v) is 6.10. The van der Waals surface area contributed by atoms with E-state index in [1.165, 1.54) is 30.5 Å². The van der Waals surface area contributed by atoms with E-state index in [0.717, 1.165) is 0 Å². The quantitative estimate of drug-likeness (QED) is 0.741. The highest BCUT2D eigenvalue weighted by atomic mass is 19.4. The number of hydrogen-bond donors (Lipinski definition) is 1. The zero-order valence-corrected chi connectivity index (χ0v) is 15.4. The Balaban J connectivity index is 2.04. The molecule has 1 N–H and O–H groups in total. The van der Waals surface area contributed by atoms with Crippen LogP contribution in [-0.4, -0.2) is 34.4 Å². The highest BCUT2D eigenvalue weighted by Crippen LogP contribution is 2.19. The maximum atomic E-state index is 12.4. The number of nitrogens with zero attached hydrogens (tertiary/aromatic N) is 2. The fourth-order valence-corrected chi connectivity index (χ4v) is 2.31. The number of carbonyl (C=O) groups excluding carboxylic acids is 2. The first-order valence-electron chi connectivity index (χ1n) is 8.62. The summed E-state index contributed by atoms with van der Waals surface area (Å²) in [5, 5.41) is 2.71. The molecule has 0 bridgehead atoms. The van der Waals surface area contributed by atoms with Crippen LogP contribution >= 0.6 is 0 Å². The molecule has 0 fully saturated rings. The Morgan fingerprint density at radius 2 is 2.00 bits per heavy atom. The summed E-state index contributed by atoms with van der Waals surface area (Å²) in [4.78, 5) is 32.1. The lowest BCUT2D eigenvalue weighted by Gasteiger charge is -2.15. The third kappa shape index (κ3) is 6.64. The average Bonchev–Trinajstić information content (AvgIpc) is 2.66. The normalized spacial score (nSPS) is 12.3. The molecule has 0 spiro atoms. The summed E-state index contributed by atoms with van der Waals surface area (Å²) in [6.07, 6.45) is -2.49. The van der Waals surface area contributed by atoms with Gasteiger partial charge in [-0.2, -0.15) is 13.2 Å². The highest BCUT2D eigenvalue weighted by molar-refractivity contribution is 5.94. The standard InChI is InChI=1S/C19H20F3N3O3/c1-3-15(26)10-14-9-13(7-8-23-14)18(27)24-12(2)16-5-4-6-17(25-16)28-11-19(20,21)22/h4-9,12H,3,10-11H2,1-2H3,(H,24,27). The Labute approximate surface area is 160 Å². The Hall–Kier alpha value is -2.97. The number of amides is 1. The molecule has 6 nitrogen and oxygen atoms in total. The second kappa shape index (κ2) is 9.29. The predicted molar refractivity (Wildman–Crippen MR) is 94.9 cm³/mol. The lowest BCUT2D eigenvalue weighted by Crippen LogP contribution is -2.27. The van der Waals surface area contributed by atoms with Gasteiger partial charge in [0.05, 0.1) is 11.7 Å². The Morgan fingerprint density at radius 1 is 1.25 bits per heavy atom. The van der Waals surface area contributed by atoms with Crippen molar-refractivity contribution in [1.82, 2.24) is 15.3 Å². The largest absolute Gasteiger partial charge is 0.468 e. The Kier molecular flexibility index (Phi) is 7.08. The molecule has 1 amide bonds. The summed E-state index contributed by atoms with van der Waals surface area (Å²) in [5.74, 6) is -0.581. The van der Waals surface area contributed by atoms with Gasteiger partial charge in [-0.05, 0) is 25.1 Å². The molecule has 0 aliphatic rings. The van der Waals surface area contributed by atoms with Crippen molar-refractivity contribution < 1.29 is 27.5 Å². The molecule has 9 heteroatoms. The van der Waals surface area contributed by atoms with Crippen LogP contribution in [0.1, 0.15) is 48.1 Å². The van der Waals surface area contributed by atoms with E-state index in [0.29, 0.717) is 23.4 Å². The molecule has 0 radical (unpaired) electrons. The summed E-state index contributed by atoms with van der Waals surface area (Å²) in [6.45, 7) is 1.96. The molecule has 2 aromatic rings. The van der Waals surface area contributed by atoms with Gasteiger partial charge in [-0.15, -0.1) is 0 Å². The van der Waals surface area contributed by atoms with Crippen molar-refractivity contribution in [1.29, 1.82) is 0 Å². The zero-order chi connectivity index (χ0) is 20.7. The molecular formula is C19H20F3N3O3. The van der Waals surface area contributed by atoms with E-state index in [1.54, 1.807) is 19.9 Å². The second-order valence-electron chi connectivity index (χ2n) is 6.10. The molecule has 2 heterocycles. The number of carbonyl (C=O) groups is 2. The summed E-state index contributed by atoms with van der Waals surface area (Å²) in [7, 11) is 0. The molecule has 150 valence electrons. The average molecular weight is 395 g/mol. The van der Waals surface area contributed by atoms with Gasteiger partial charge in [-0.3, -0.25) is 14.6 Å². The molecular weight excluding hydrogens is 375 g/mol. The van der Waals surface area contributed by atoms with E-state index in [1.807, 2.05) is 0 Å². The van der Waals surface area contributed by atoms with Crippen molar-refractivity contribution in [2.45, 2.75) is 38.9 Å². The first-order chi connectivity index (χ1) is 13.2. The maximum Gasteiger partial charge on any atom is 0.422 e. The SMILES string of the molecule is CCC(=O)Cc1cc(C(=O)NC(C)c2cccc(OCC(F)(F)F)n2)ccn1. The van der Waals surface area contributed by atoms with E-state index in [2.05, 4.69) is 20.0 Å². The molecule has 0 saturated carbocycles. The van der Waals surface area contributed by atoms with Gasteiger partial charge in [0.1, 0.15) is 5.78 Å². The van der Waals surface area contributed by atoms with Crippen LogP contribution in [0.25, 0.3) is 0 Å². The molecule has 0 aromatic carbocycles. The van der Waals surface area contributed by atoms with Crippen molar-refractivity contribution in [3.8, 4) is 5.88 Å². The maximum absolute atomic E-state index is 12.4. The van der Waals surface area contributed by atoms with E-state index in [-0.39, 0.29) is 18.1 Å². The van der Waals surface area contributed by atoms with E-state index >= 15 is 0 Å². The van der Waals surface area contributed by atoms with E-state index in [9.17, 15) is 22.8 Å². The minimum absolute atomic E-state index is 0.0123. The van der Waals surface area contributed by atoms with Crippen molar-refractivity contribution in [2.75, 3.05) is 6.61 Å². The van der Waals surface area contributed by atoms with Crippen LogP contribution in [0.5, 0.6) is 5.88 Å². The van der Waals surface area contributed by atoms with Crippen LogP contribution in [0.4, 0.5) is 13.2 Å². The molecule has 2 aromatic heterocycles. The molecule has 1 unspecified atom stereocenters. The lowest BCUT2D eigenvalue weighted by atomic mass is 10.1. The van der Waals surface area contributed by atoms with Gasteiger partial charge in [0, 0.05) is 36.4 Å². The molecule has 1 atom stereocenters. The van der Waals surface area contributed by atoms with Gasteiger partial charge in [0.2, 0.25) is 5.88 Å². The number of nitrogens with one attached hydrogen (secondary N) is 1. The number of ketones is 1.